The van der Waals surface area contributed by atoms with Crippen LogP contribution in [-0.2, 0) is 0 Å². The minimum absolute atomic E-state index is 0.0990. The van der Waals surface area contributed by atoms with Gasteiger partial charge < -0.3 is 9.63 Å². The number of para-hydroxylation sites is 1. The molecule has 0 atom stereocenters. The number of halogens is 1. The fraction of sp³-hybridized carbons (Fsp3) is 0.0667. The predicted octanol–water partition coefficient (Wildman–Crippen LogP) is 3.56. The van der Waals surface area contributed by atoms with Crippen LogP contribution in [0.2, 0.25) is 0 Å². The predicted molar refractivity (Wildman–Crippen MR) is 71.5 cm³/mol. The molecular formula is C15H11FN2O2. The van der Waals surface area contributed by atoms with Gasteiger partial charge in [-0.3, -0.25) is 0 Å². The van der Waals surface area contributed by atoms with Crippen LogP contribution in [-0.4, -0.2) is 15.2 Å². The topological polar surface area (TPSA) is 59.2 Å². The summed E-state index contributed by atoms with van der Waals surface area (Å²) in [6, 6.07) is 11.2. The smallest absolute Gasteiger partial charge is 0.262 e. The lowest BCUT2D eigenvalue weighted by Crippen LogP contribution is -1.84. The van der Waals surface area contributed by atoms with Crippen LogP contribution in [0.4, 0.5) is 4.39 Å². The maximum absolute atomic E-state index is 13.2. The number of benzene rings is 2. The Hall–Kier alpha value is -2.69. The normalized spacial score (nSPS) is 10.7. The lowest BCUT2D eigenvalue weighted by molar-refractivity contribution is 0.425. The van der Waals surface area contributed by atoms with Crippen molar-refractivity contribution in [3.63, 3.8) is 0 Å². The Morgan fingerprint density at radius 3 is 2.75 bits per heavy atom. The maximum Gasteiger partial charge on any atom is 0.262 e. The lowest BCUT2D eigenvalue weighted by atomic mass is 10.1. The zero-order valence-corrected chi connectivity index (χ0v) is 10.7. The highest BCUT2D eigenvalue weighted by atomic mass is 19.1. The van der Waals surface area contributed by atoms with Gasteiger partial charge in [-0.05, 0) is 30.7 Å². The van der Waals surface area contributed by atoms with Gasteiger partial charge in [0.2, 0.25) is 5.82 Å². The van der Waals surface area contributed by atoms with Gasteiger partial charge in [-0.25, -0.2) is 4.39 Å². The Bertz CT molecular complexity index is 768. The number of phenolic OH excluding ortho intramolecular Hbond substituents is 1. The van der Waals surface area contributed by atoms with E-state index in [-0.39, 0.29) is 23.3 Å². The van der Waals surface area contributed by atoms with E-state index in [4.69, 9.17) is 4.52 Å². The number of hydrogen-bond acceptors (Lipinski definition) is 4. The molecule has 100 valence electrons. The third-order valence-corrected chi connectivity index (χ3v) is 2.98. The second-order valence-corrected chi connectivity index (χ2v) is 4.40. The molecule has 0 aliphatic rings. The summed E-state index contributed by atoms with van der Waals surface area (Å²) in [6.45, 7) is 1.78. The number of rotatable bonds is 2. The fourth-order valence-corrected chi connectivity index (χ4v) is 1.91. The van der Waals surface area contributed by atoms with Crippen molar-refractivity contribution in [2.75, 3.05) is 0 Å². The summed E-state index contributed by atoms with van der Waals surface area (Å²) in [6.07, 6.45) is 0. The molecule has 0 bridgehead atoms. The second-order valence-electron chi connectivity index (χ2n) is 4.40. The summed E-state index contributed by atoms with van der Waals surface area (Å²) in [5, 5.41) is 13.8. The summed E-state index contributed by atoms with van der Waals surface area (Å²) >= 11 is 0. The first-order valence-electron chi connectivity index (χ1n) is 6.04. The van der Waals surface area contributed by atoms with Gasteiger partial charge in [-0.1, -0.05) is 29.4 Å². The van der Waals surface area contributed by atoms with Crippen molar-refractivity contribution in [3.05, 3.63) is 53.8 Å². The molecule has 0 saturated heterocycles. The molecule has 3 rings (SSSR count). The molecule has 20 heavy (non-hydrogen) atoms. The van der Waals surface area contributed by atoms with Crippen molar-refractivity contribution < 1.29 is 14.0 Å². The Labute approximate surface area is 114 Å². The van der Waals surface area contributed by atoms with Crippen molar-refractivity contribution >= 4 is 0 Å². The number of hydrogen-bond donors (Lipinski definition) is 1. The molecule has 3 aromatic rings. The van der Waals surface area contributed by atoms with Gasteiger partial charge in [0.25, 0.3) is 5.89 Å². The minimum Gasteiger partial charge on any atom is -0.507 e. The molecule has 0 saturated carbocycles. The first-order chi connectivity index (χ1) is 9.65. The third kappa shape index (κ3) is 2.14. The zero-order valence-electron chi connectivity index (χ0n) is 10.7. The third-order valence-electron chi connectivity index (χ3n) is 2.98. The Balaban J connectivity index is 2.04. The molecule has 0 aliphatic carbocycles. The number of aryl methyl sites for hydroxylation is 1. The van der Waals surface area contributed by atoms with Gasteiger partial charge in [0, 0.05) is 5.56 Å². The van der Waals surface area contributed by atoms with Crippen LogP contribution in [0.1, 0.15) is 5.56 Å². The maximum atomic E-state index is 13.2. The molecule has 0 aliphatic heterocycles. The van der Waals surface area contributed by atoms with Crippen LogP contribution in [0.15, 0.2) is 47.0 Å². The van der Waals surface area contributed by atoms with E-state index in [2.05, 4.69) is 10.1 Å². The zero-order chi connectivity index (χ0) is 14.1. The molecule has 0 amide bonds. The van der Waals surface area contributed by atoms with Gasteiger partial charge in [-0.15, -0.1) is 0 Å². The van der Waals surface area contributed by atoms with Gasteiger partial charge in [0.15, 0.2) is 0 Å². The van der Waals surface area contributed by atoms with E-state index in [1.807, 2.05) is 0 Å². The highest BCUT2D eigenvalue weighted by molar-refractivity contribution is 5.66. The lowest BCUT2D eigenvalue weighted by Gasteiger charge is -2.01. The number of aromatic hydroxyl groups is 1. The van der Waals surface area contributed by atoms with E-state index in [1.54, 1.807) is 37.3 Å². The van der Waals surface area contributed by atoms with Crippen molar-refractivity contribution in [1.82, 2.24) is 10.1 Å². The van der Waals surface area contributed by atoms with Gasteiger partial charge in [0.05, 0.1) is 5.56 Å². The largest absolute Gasteiger partial charge is 0.507 e. The standard InChI is InChI=1S/C15H11FN2O2/c1-9-4-2-7-12(13(9)19)15-17-14(18-20-15)10-5-3-6-11(16)8-10/h2-8,19H,1H3. The molecule has 0 radical (unpaired) electrons. The van der Waals surface area contributed by atoms with Crippen molar-refractivity contribution in [1.29, 1.82) is 0 Å². The summed E-state index contributed by atoms with van der Waals surface area (Å²) in [7, 11) is 0. The fourth-order valence-electron chi connectivity index (χ4n) is 1.91. The quantitative estimate of drug-likeness (QED) is 0.773. The van der Waals surface area contributed by atoms with Crippen LogP contribution in [0.25, 0.3) is 22.8 Å². The number of aromatic nitrogens is 2. The van der Waals surface area contributed by atoms with Gasteiger partial charge in [0.1, 0.15) is 11.6 Å². The van der Waals surface area contributed by atoms with E-state index < -0.39 is 0 Å². The van der Waals surface area contributed by atoms with Crippen molar-refractivity contribution in [2.24, 2.45) is 0 Å². The molecule has 4 nitrogen and oxygen atoms in total. The molecule has 0 unspecified atom stereocenters. The van der Waals surface area contributed by atoms with E-state index in [9.17, 15) is 9.50 Å². The van der Waals surface area contributed by atoms with Crippen LogP contribution in [0, 0.1) is 12.7 Å². The average Bonchev–Trinajstić information content (AvgIpc) is 2.91. The molecule has 2 aromatic carbocycles. The monoisotopic (exact) mass is 270 g/mol. The molecule has 1 heterocycles. The summed E-state index contributed by atoms with van der Waals surface area (Å²) < 4.78 is 18.3. The van der Waals surface area contributed by atoms with Crippen molar-refractivity contribution in [2.45, 2.75) is 6.92 Å². The summed E-state index contributed by atoms with van der Waals surface area (Å²) in [5.74, 6) is 0.208. The first kappa shape index (κ1) is 12.3. The van der Waals surface area contributed by atoms with E-state index >= 15 is 0 Å². The van der Waals surface area contributed by atoms with Crippen LogP contribution < -0.4 is 0 Å². The van der Waals surface area contributed by atoms with Crippen LogP contribution in [0.3, 0.4) is 0 Å². The molecular weight excluding hydrogens is 259 g/mol. The molecule has 0 spiro atoms. The van der Waals surface area contributed by atoms with E-state index in [0.717, 1.165) is 0 Å². The first-order valence-corrected chi connectivity index (χ1v) is 6.04. The molecule has 1 N–H and O–H groups in total. The highest BCUT2D eigenvalue weighted by Gasteiger charge is 2.15. The second kappa shape index (κ2) is 4.77. The van der Waals surface area contributed by atoms with Crippen LogP contribution >= 0.6 is 0 Å². The SMILES string of the molecule is Cc1cccc(-c2nc(-c3cccc(F)c3)no2)c1O. The van der Waals surface area contributed by atoms with E-state index in [0.29, 0.717) is 16.7 Å². The van der Waals surface area contributed by atoms with Gasteiger partial charge in [-0.2, -0.15) is 4.98 Å². The Morgan fingerprint density at radius 1 is 1.15 bits per heavy atom. The minimum atomic E-state index is -0.368. The molecule has 1 aromatic heterocycles. The summed E-state index contributed by atoms with van der Waals surface area (Å²) in [5.41, 5.74) is 1.69. The highest BCUT2D eigenvalue weighted by Crippen LogP contribution is 2.31. The average molecular weight is 270 g/mol. The van der Waals surface area contributed by atoms with Crippen LogP contribution in [0.5, 0.6) is 5.75 Å². The Kier molecular flexibility index (Phi) is 2.95. The number of nitrogens with zero attached hydrogens (tertiary/aromatic N) is 2. The van der Waals surface area contributed by atoms with Gasteiger partial charge >= 0.3 is 0 Å². The molecule has 5 heteroatoms. The Morgan fingerprint density at radius 2 is 1.95 bits per heavy atom. The molecule has 0 fully saturated rings. The number of phenols is 1. The summed E-state index contributed by atoms with van der Waals surface area (Å²) in [4.78, 5) is 4.19. The van der Waals surface area contributed by atoms with E-state index in [1.165, 1.54) is 12.1 Å². The van der Waals surface area contributed by atoms with Crippen molar-refractivity contribution in [3.8, 4) is 28.6 Å².